The summed E-state index contributed by atoms with van der Waals surface area (Å²) in [5.74, 6) is 0.330. The predicted octanol–water partition coefficient (Wildman–Crippen LogP) is 2.71. The van der Waals surface area contributed by atoms with Gasteiger partial charge in [-0.05, 0) is 37.9 Å². The van der Waals surface area contributed by atoms with Crippen molar-refractivity contribution >= 4 is 36.4 Å². The molecule has 2 aliphatic rings. The van der Waals surface area contributed by atoms with Gasteiger partial charge in [-0.1, -0.05) is 18.2 Å². The number of hydrogen-bond donors (Lipinski definition) is 1. The Kier molecular flexibility index (Phi) is 8.74. The van der Waals surface area contributed by atoms with Gasteiger partial charge in [0, 0.05) is 44.3 Å². The molecular weight excluding hydrogens is 333 g/mol. The lowest BCUT2D eigenvalue weighted by atomic mass is 10.1. The van der Waals surface area contributed by atoms with Gasteiger partial charge in [0.15, 0.2) is 0 Å². The van der Waals surface area contributed by atoms with Crippen molar-refractivity contribution in [1.82, 2.24) is 10.2 Å². The Morgan fingerprint density at radius 2 is 1.78 bits per heavy atom. The first-order valence-corrected chi connectivity index (χ1v) is 8.14. The van der Waals surface area contributed by atoms with Crippen molar-refractivity contribution in [3.63, 3.8) is 0 Å². The van der Waals surface area contributed by atoms with E-state index in [1.807, 2.05) is 11.0 Å². The van der Waals surface area contributed by atoms with Crippen molar-refractivity contribution in [1.29, 1.82) is 0 Å². The number of carbonyl (C=O) groups excluding carboxylic acids is 1. The zero-order chi connectivity index (χ0) is 14.5. The topological polar surface area (TPSA) is 35.6 Å². The molecule has 1 aromatic rings. The summed E-state index contributed by atoms with van der Waals surface area (Å²) in [5.41, 5.74) is 1.26. The number of para-hydroxylation sites is 1. The van der Waals surface area contributed by atoms with Crippen LogP contribution < -0.4 is 10.2 Å². The molecular formula is C17H27Cl2N3O. The van der Waals surface area contributed by atoms with Crippen LogP contribution in [0.1, 0.15) is 25.7 Å². The minimum atomic E-state index is 0. The maximum atomic E-state index is 12.3. The number of halogens is 2. The SMILES string of the molecule is Cl.Cl.O=C(CCC1CCCN1)N1CCN(c2ccccc2)CC1. The van der Waals surface area contributed by atoms with E-state index < -0.39 is 0 Å². The Hall–Kier alpha value is -0.970. The van der Waals surface area contributed by atoms with E-state index in [0.29, 0.717) is 18.4 Å². The van der Waals surface area contributed by atoms with Crippen molar-refractivity contribution in [2.24, 2.45) is 0 Å². The molecule has 2 aliphatic heterocycles. The number of carbonyl (C=O) groups is 1. The number of hydrogen-bond acceptors (Lipinski definition) is 3. The molecule has 0 aromatic heterocycles. The standard InChI is InChI=1S/C17H25N3O.2ClH/c21-17(9-8-15-5-4-10-18-15)20-13-11-19(12-14-20)16-6-2-1-3-7-16;;/h1-3,6-7,15,18H,4-5,8-14H2;2*1H. The number of anilines is 1. The fraction of sp³-hybridized carbons (Fsp3) is 0.588. The Bertz CT molecular complexity index is 458. The summed E-state index contributed by atoms with van der Waals surface area (Å²) in [4.78, 5) is 16.7. The van der Waals surface area contributed by atoms with E-state index in [9.17, 15) is 4.79 Å². The molecule has 0 saturated carbocycles. The number of nitrogens with zero attached hydrogens (tertiary/aromatic N) is 2. The van der Waals surface area contributed by atoms with Crippen LogP contribution in [0.25, 0.3) is 0 Å². The van der Waals surface area contributed by atoms with E-state index in [0.717, 1.165) is 39.1 Å². The maximum Gasteiger partial charge on any atom is 0.222 e. The Balaban J connectivity index is 0.00000132. The summed E-state index contributed by atoms with van der Waals surface area (Å²) in [7, 11) is 0. The molecule has 1 amide bonds. The minimum Gasteiger partial charge on any atom is -0.368 e. The average molecular weight is 360 g/mol. The van der Waals surface area contributed by atoms with Crippen LogP contribution in [0.15, 0.2) is 30.3 Å². The molecule has 0 bridgehead atoms. The van der Waals surface area contributed by atoms with Crippen molar-refractivity contribution < 1.29 is 4.79 Å². The second kappa shape index (κ2) is 10.0. The lowest BCUT2D eigenvalue weighted by Crippen LogP contribution is -2.49. The Morgan fingerprint density at radius 1 is 1.09 bits per heavy atom. The van der Waals surface area contributed by atoms with Crippen molar-refractivity contribution in [2.75, 3.05) is 37.6 Å². The van der Waals surface area contributed by atoms with Crippen LogP contribution in [0.2, 0.25) is 0 Å². The van der Waals surface area contributed by atoms with Crippen LogP contribution in [0.5, 0.6) is 0 Å². The third kappa shape index (κ3) is 5.55. The largest absolute Gasteiger partial charge is 0.368 e. The number of amides is 1. The summed E-state index contributed by atoms with van der Waals surface area (Å²) in [5, 5.41) is 3.46. The van der Waals surface area contributed by atoms with Crippen LogP contribution in [-0.2, 0) is 4.79 Å². The van der Waals surface area contributed by atoms with Crippen LogP contribution in [0, 0.1) is 0 Å². The molecule has 4 nitrogen and oxygen atoms in total. The Labute approximate surface area is 151 Å². The lowest BCUT2D eigenvalue weighted by molar-refractivity contribution is -0.131. The molecule has 6 heteroatoms. The Morgan fingerprint density at radius 3 is 2.39 bits per heavy atom. The van der Waals surface area contributed by atoms with Crippen molar-refractivity contribution in [3.8, 4) is 0 Å². The van der Waals surface area contributed by atoms with Gasteiger partial charge < -0.3 is 15.1 Å². The molecule has 2 fully saturated rings. The molecule has 1 N–H and O–H groups in total. The minimum absolute atomic E-state index is 0. The summed E-state index contributed by atoms with van der Waals surface area (Å²) in [6.45, 7) is 4.71. The maximum absolute atomic E-state index is 12.3. The van der Waals surface area contributed by atoms with E-state index in [1.165, 1.54) is 18.5 Å². The zero-order valence-electron chi connectivity index (χ0n) is 13.4. The molecule has 2 heterocycles. The van der Waals surface area contributed by atoms with Crippen molar-refractivity contribution in [3.05, 3.63) is 30.3 Å². The van der Waals surface area contributed by atoms with E-state index in [4.69, 9.17) is 0 Å². The first-order valence-electron chi connectivity index (χ1n) is 8.14. The highest BCUT2D eigenvalue weighted by Crippen LogP contribution is 2.17. The fourth-order valence-electron chi connectivity index (χ4n) is 3.31. The van der Waals surface area contributed by atoms with Gasteiger partial charge in [-0.15, -0.1) is 24.8 Å². The quantitative estimate of drug-likeness (QED) is 0.897. The third-order valence-electron chi connectivity index (χ3n) is 4.62. The monoisotopic (exact) mass is 359 g/mol. The number of nitrogens with one attached hydrogen (secondary N) is 1. The molecule has 1 aromatic carbocycles. The molecule has 130 valence electrons. The predicted molar refractivity (Wildman–Crippen MR) is 100.0 cm³/mol. The summed E-state index contributed by atoms with van der Waals surface area (Å²) in [6.07, 6.45) is 4.18. The first kappa shape index (κ1) is 20.1. The van der Waals surface area contributed by atoms with Gasteiger partial charge in [-0.3, -0.25) is 4.79 Å². The van der Waals surface area contributed by atoms with Gasteiger partial charge in [0.1, 0.15) is 0 Å². The highest BCUT2D eigenvalue weighted by atomic mass is 35.5. The van der Waals surface area contributed by atoms with Gasteiger partial charge in [-0.2, -0.15) is 0 Å². The molecule has 2 saturated heterocycles. The van der Waals surface area contributed by atoms with E-state index in [-0.39, 0.29) is 24.8 Å². The average Bonchev–Trinajstić information content (AvgIpc) is 3.07. The number of rotatable bonds is 4. The second-order valence-electron chi connectivity index (χ2n) is 6.04. The second-order valence-corrected chi connectivity index (χ2v) is 6.04. The van der Waals surface area contributed by atoms with Crippen LogP contribution in [0.3, 0.4) is 0 Å². The van der Waals surface area contributed by atoms with Crippen LogP contribution >= 0.6 is 24.8 Å². The van der Waals surface area contributed by atoms with E-state index >= 15 is 0 Å². The molecule has 1 atom stereocenters. The van der Waals surface area contributed by atoms with Gasteiger partial charge >= 0.3 is 0 Å². The van der Waals surface area contributed by atoms with Gasteiger partial charge in [0.05, 0.1) is 0 Å². The van der Waals surface area contributed by atoms with Crippen LogP contribution in [0.4, 0.5) is 5.69 Å². The van der Waals surface area contributed by atoms with E-state index in [2.05, 4.69) is 34.5 Å². The number of benzene rings is 1. The van der Waals surface area contributed by atoms with Crippen molar-refractivity contribution in [2.45, 2.75) is 31.7 Å². The van der Waals surface area contributed by atoms with Gasteiger partial charge in [-0.25, -0.2) is 0 Å². The van der Waals surface area contributed by atoms with Gasteiger partial charge in [0.2, 0.25) is 5.91 Å². The highest BCUT2D eigenvalue weighted by molar-refractivity contribution is 5.85. The number of piperazine rings is 1. The van der Waals surface area contributed by atoms with Gasteiger partial charge in [0.25, 0.3) is 0 Å². The van der Waals surface area contributed by atoms with Crippen LogP contribution in [-0.4, -0.2) is 49.6 Å². The smallest absolute Gasteiger partial charge is 0.222 e. The molecule has 23 heavy (non-hydrogen) atoms. The first-order chi connectivity index (χ1) is 10.3. The normalized spacial score (nSPS) is 20.6. The summed E-state index contributed by atoms with van der Waals surface area (Å²) < 4.78 is 0. The molecule has 1 unspecified atom stereocenters. The zero-order valence-corrected chi connectivity index (χ0v) is 15.1. The molecule has 0 radical (unpaired) electrons. The summed E-state index contributed by atoms with van der Waals surface area (Å²) in [6, 6.07) is 11.0. The molecule has 0 aliphatic carbocycles. The third-order valence-corrected chi connectivity index (χ3v) is 4.62. The van der Waals surface area contributed by atoms with E-state index in [1.54, 1.807) is 0 Å². The molecule has 3 rings (SSSR count). The lowest BCUT2D eigenvalue weighted by Gasteiger charge is -2.36. The highest BCUT2D eigenvalue weighted by Gasteiger charge is 2.22. The molecule has 0 spiro atoms. The summed E-state index contributed by atoms with van der Waals surface area (Å²) >= 11 is 0. The fourth-order valence-corrected chi connectivity index (χ4v) is 3.31.